The molecule has 0 unspecified atom stereocenters. The minimum Gasteiger partial charge on any atom is -0.465 e. The Morgan fingerprint density at radius 1 is 1.13 bits per heavy atom. The smallest absolute Gasteiger partial charge is 0.407 e. The summed E-state index contributed by atoms with van der Waals surface area (Å²) in [5.41, 5.74) is 0. The summed E-state index contributed by atoms with van der Waals surface area (Å²) in [6.45, 7) is 0.278. The molecule has 15 heavy (non-hydrogen) atoms. The van der Waals surface area contributed by atoms with Crippen molar-refractivity contribution in [2.24, 2.45) is 0 Å². The SMILES string of the molecule is O=C(O)N1CC[C@@H]2[C@H]1[C@@H](O)CN2C(=O)O. The van der Waals surface area contributed by atoms with Crippen LogP contribution in [-0.2, 0) is 0 Å². The summed E-state index contributed by atoms with van der Waals surface area (Å²) >= 11 is 0. The second-order valence-corrected chi connectivity index (χ2v) is 3.82. The molecular weight excluding hydrogens is 204 g/mol. The summed E-state index contributed by atoms with van der Waals surface area (Å²) in [5.74, 6) is 0. The van der Waals surface area contributed by atoms with Gasteiger partial charge in [-0.15, -0.1) is 0 Å². The van der Waals surface area contributed by atoms with Gasteiger partial charge in [-0.3, -0.25) is 0 Å². The van der Waals surface area contributed by atoms with Crippen molar-refractivity contribution in [2.75, 3.05) is 13.1 Å². The van der Waals surface area contributed by atoms with E-state index in [2.05, 4.69) is 0 Å². The first-order chi connectivity index (χ1) is 7.02. The molecule has 2 aliphatic heterocycles. The van der Waals surface area contributed by atoms with Gasteiger partial charge in [-0.1, -0.05) is 0 Å². The van der Waals surface area contributed by atoms with Crippen LogP contribution in [0.5, 0.6) is 0 Å². The molecule has 2 fully saturated rings. The number of likely N-dealkylation sites (tertiary alicyclic amines) is 2. The van der Waals surface area contributed by atoms with Crippen molar-refractivity contribution in [1.29, 1.82) is 0 Å². The van der Waals surface area contributed by atoms with Gasteiger partial charge in [0, 0.05) is 6.54 Å². The van der Waals surface area contributed by atoms with Crippen LogP contribution in [0.25, 0.3) is 0 Å². The number of aliphatic hydroxyl groups is 1. The van der Waals surface area contributed by atoms with Crippen molar-refractivity contribution in [1.82, 2.24) is 9.80 Å². The Bertz CT molecular complexity index is 295. The molecule has 2 heterocycles. The van der Waals surface area contributed by atoms with E-state index in [4.69, 9.17) is 10.2 Å². The molecule has 2 rings (SSSR count). The average molecular weight is 216 g/mol. The summed E-state index contributed by atoms with van der Waals surface area (Å²) in [7, 11) is 0. The van der Waals surface area contributed by atoms with Crippen LogP contribution in [0, 0.1) is 0 Å². The van der Waals surface area contributed by atoms with Crippen molar-refractivity contribution in [3.63, 3.8) is 0 Å². The van der Waals surface area contributed by atoms with Gasteiger partial charge in [-0.25, -0.2) is 9.59 Å². The fourth-order valence-electron chi connectivity index (χ4n) is 2.49. The van der Waals surface area contributed by atoms with Crippen molar-refractivity contribution in [3.8, 4) is 0 Å². The molecule has 0 aromatic carbocycles. The predicted molar refractivity (Wildman–Crippen MR) is 47.7 cm³/mol. The van der Waals surface area contributed by atoms with Crippen LogP contribution in [0.15, 0.2) is 0 Å². The number of carboxylic acid groups (broad SMARTS) is 2. The predicted octanol–water partition coefficient (Wildman–Crippen LogP) is -0.538. The van der Waals surface area contributed by atoms with E-state index in [1.165, 1.54) is 0 Å². The van der Waals surface area contributed by atoms with Gasteiger partial charge >= 0.3 is 12.2 Å². The van der Waals surface area contributed by atoms with Crippen molar-refractivity contribution in [3.05, 3.63) is 0 Å². The molecular formula is C8H12N2O5. The van der Waals surface area contributed by atoms with Crippen LogP contribution in [0.1, 0.15) is 6.42 Å². The molecule has 0 aromatic rings. The topological polar surface area (TPSA) is 101 Å². The van der Waals surface area contributed by atoms with E-state index in [-0.39, 0.29) is 13.1 Å². The molecule has 7 nitrogen and oxygen atoms in total. The first-order valence-corrected chi connectivity index (χ1v) is 4.69. The van der Waals surface area contributed by atoms with Gasteiger partial charge in [0.25, 0.3) is 0 Å². The van der Waals surface area contributed by atoms with Crippen LogP contribution in [-0.4, -0.2) is 68.6 Å². The lowest BCUT2D eigenvalue weighted by atomic mass is 10.1. The maximum Gasteiger partial charge on any atom is 0.407 e. The lowest BCUT2D eigenvalue weighted by Crippen LogP contribution is -2.44. The quantitative estimate of drug-likeness (QED) is 0.505. The van der Waals surface area contributed by atoms with Gasteiger partial charge < -0.3 is 25.1 Å². The van der Waals surface area contributed by atoms with Crippen LogP contribution < -0.4 is 0 Å². The highest BCUT2D eigenvalue weighted by atomic mass is 16.4. The third-order valence-corrected chi connectivity index (χ3v) is 3.09. The largest absolute Gasteiger partial charge is 0.465 e. The van der Waals surface area contributed by atoms with Crippen LogP contribution >= 0.6 is 0 Å². The molecule has 0 saturated carbocycles. The second-order valence-electron chi connectivity index (χ2n) is 3.82. The molecule has 0 spiro atoms. The number of aliphatic hydroxyl groups excluding tert-OH is 1. The third-order valence-electron chi connectivity index (χ3n) is 3.09. The van der Waals surface area contributed by atoms with Crippen molar-refractivity contribution in [2.45, 2.75) is 24.6 Å². The van der Waals surface area contributed by atoms with Crippen LogP contribution in [0.2, 0.25) is 0 Å². The Labute approximate surface area is 85.5 Å². The molecule has 7 heteroatoms. The van der Waals surface area contributed by atoms with E-state index in [0.717, 1.165) is 9.80 Å². The van der Waals surface area contributed by atoms with Crippen molar-refractivity contribution < 1.29 is 24.9 Å². The lowest BCUT2D eigenvalue weighted by Gasteiger charge is -2.22. The highest BCUT2D eigenvalue weighted by Gasteiger charge is 2.51. The highest BCUT2D eigenvalue weighted by molar-refractivity contribution is 5.69. The fourth-order valence-corrected chi connectivity index (χ4v) is 2.49. The second kappa shape index (κ2) is 3.27. The first kappa shape index (κ1) is 10.0. The van der Waals surface area contributed by atoms with Gasteiger partial charge in [-0.05, 0) is 6.42 Å². The average Bonchev–Trinajstić information content (AvgIpc) is 2.66. The van der Waals surface area contributed by atoms with Crippen LogP contribution in [0.3, 0.4) is 0 Å². The van der Waals surface area contributed by atoms with E-state index in [9.17, 15) is 14.7 Å². The normalized spacial score (nSPS) is 34.3. The summed E-state index contributed by atoms with van der Waals surface area (Å²) < 4.78 is 0. The van der Waals surface area contributed by atoms with E-state index < -0.39 is 30.4 Å². The van der Waals surface area contributed by atoms with Gasteiger partial charge in [0.15, 0.2) is 0 Å². The maximum absolute atomic E-state index is 10.8. The van der Waals surface area contributed by atoms with E-state index >= 15 is 0 Å². The molecule has 2 aliphatic rings. The number of amides is 2. The molecule has 84 valence electrons. The van der Waals surface area contributed by atoms with Gasteiger partial charge in [0.05, 0.1) is 24.7 Å². The first-order valence-electron chi connectivity index (χ1n) is 4.69. The number of rotatable bonds is 0. The standard InChI is InChI=1S/C8H12N2O5/c11-5-3-10(8(14)15)4-1-2-9(6(4)5)7(12)13/h4-6,11H,1-3H2,(H,12,13)(H,14,15)/t4-,5+,6+/m1/s1. The minimum absolute atomic E-state index is 0.00551. The monoisotopic (exact) mass is 216 g/mol. The van der Waals surface area contributed by atoms with Crippen LogP contribution in [0.4, 0.5) is 9.59 Å². The Hall–Kier alpha value is -1.50. The number of β-amino-alcohol motifs (C(OH)–C–C–N with tert-alkyl or cyclic N) is 1. The molecule has 2 saturated heterocycles. The van der Waals surface area contributed by atoms with Crippen molar-refractivity contribution >= 4 is 12.2 Å². The zero-order valence-electron chi connectivity index (χ0n) is 7.91. The maximum atomic E-state index is 10.8. The number of hydrogen-bond donors (Lipinski definition) is 3. The molecule has 2 amide bonds. The van der Waals surface area contributed by atoms with Gasteiger partial charge in [-0.2, -0.15) is 0 Å². The summed E-state index contributed by atoms with van der Waals surface area (Å²) in [4.78, 5) is 23.9. The van der Waals surface area contributed by atoms with Gasteiger partial charge in [0.2, 0.25) is 0 Å². The third kappa shape index (κ3) is 1.39. The zero-order chi connectivity index (χ0) is 11.2. The fraction of sp³-hybridized carbons (Fsp3) is 0.750. The Morgan fingerprint density at radius 3 is 2.27 bits per heavy atom. The van der Waals surface area contributed by atoms with E-state index in [1.807, 2.05) is 0 Å². The minimum atomic E-state index is -1.10. The van der Waals surface area contributed by atoms with E-state index in [0.29, 0.717) is 6.42 Å². The molecule has 0 aromatic heterocycles. The molecule has 3 N–H and O–H groups in total. The van der Waals surface area contributed by atoms with E-state index in [1.54, 1.807) is 0 Å². The number of nitrogens with zero attached hydrogens (tertiary/aromatic N) is 2. The summed E-state index contributed by atoms with van der Waals surface area (Å²) in [6, 6.07) is -0.993. The Balaban J connectivity index is 2.20. The number of hydrogen-bond acceptors (Lipinski definition) is 3. The zero-order valence-corrected chi connectivity index (χ0v) is 7.91. The Morgan fingerprint density at radius 2 is 1.73 bits per heavy atom. The molecule has 3 atom stereocenters. The Kier molecular flexibility index (Phi) is 2.18. The molecule has 0 radical (unpaired) electrons. The summed E-state index contributed by atoms with van der Waals surface area (Å²) in [6.07, 6.45) is -2.66. The number of fused-ring (bicyclic) bond motifs is 1. The number of carbonyl (C=O) groups is 2. The molecule has 0 bridgehead atoms. The summed E-state index contributed by atoms with van der Waals surface area (Å²) in [5, 5.41) is 27.3. The molecule has 0 aliphatic carbocycles. The highest BCUT2D eigenvalue weighted by Crippen LogP contribution is 2.31. The van der Waals surface area contributed by atoms with Gasteiger partial charge in [0.1, 0.15) is 0 Å². The lowest BCUT2D eigenvalue weighted by molar-refractivity contribution is 0.0861.